The van der Waals surface area contributed by atoms with Crippen molar-refractivity contribution in [2.75, 3.05) is 11.5 Å². The summed E-state index contributed by atoms with van der Waals surface area (Å²) in [4.78, 5) is 0. The van der Waals surface area contributed by atoms with Crippen molar-refractivity contribution in [3.05, 3.63) is 23.3 Å². The summed E-state index contributed by atoms with van der Waals surface area (Å²) >= 11 is 0. The summed E-state index contributed by atoms with van der Waals surface area (Å²) in [5.74, 6) is 0. The van der Waals surface area contributed by atoms with Crippen LogP contribution in [0.25, 0.3) is 0 Å². The zero-order chi connectivity index (χ0) is 8.72. The van der Waals surface area contributed by atoms with Crippen LogP contribution in [0.4, 0.5) is 11.4 Å². The lowest BCUT2D eigenvalue weighted by Gasteiger charge is -2.09. The van der Waals surface area contributed by atoms with Gasteiger partial charge in [0.05, 0.1) is 0 Å². The van der Waals surface area contributed by atoms with Crippen molar-refractivity contribution in [1.29, 1.82) is 0 Å². The van der Waals surface area contributed by atoms with E-state index >= 15 is 0 Å². The molecule has 0 saturated heterocycles. The smallest absolute Gasteiger partial charge is 0.0366 e. The number of anilines is 2. The van der Waals surface area contributed by atoms with Gasteiger partial charge < -0.3 is 17.2 Å². The summed E-state index contributed by atoms with van der Waals surface area (Å²) in [6, 6.07) is 3.77. The number of fused-ring (bicyclic) bond motifs is 1. The number of hydrogen-bond acceptors (Lipinski definition) is 3. The van der Waals surface area contributed by atoms with E-state index < -0.39 is 0 Å². The molecule has 0 radical (unpaired) electrons. The van der Waals surface area contributed by atoms with Gasteiger partial charge in [0.15, 0.2) is 0 Å². The molecule has 1 atom stereocenters. The van der Waals surface area contributed by atoms with Gasteiger partial charge in [-0.05, 0) is 36.1 Å². The number of rotatable bonds is 0. The van der Waals surface area contributed by atoms with E-state index in [0.29, 0.717) is 0 Å². The normalized spacial score (nSPS) is 20.9. The second-order valence-corrected chi connectivity index (χ2v) is 3.28. The maximum Gasteiger partial charge on any atom is 0.0366 e. The van der Waals surface area contributed by atoms with Crippen molar-refractivity contribution in [1.82, 2.24) is 0 Å². The standard InChI is InChI=1S/C9H13N3/c10-6-3-4-8(12)9-5(6)1-2-7(9)11/h3-4,7H,1-2,10-12H2. The minimum Gasteiger partial charge on any atom is -0.398 e. The molecular formula is C9H13N3. The van der Waals surface area contributed by atoms with Gasteiger partial charge in [0.1, 0.15) is 0 Å². The molecule has 1 aliphatic carbocycles. The molecule has 0 fully saturated rings. The van der Waals surface area contributed by atoms with Crippen molar-refractivity contribution in [3.8, 4) is 0 Å². The van der Waals surface area contributed by atoms with Crippen molar-refractivity contribution in [3.63, 3.8) is 0 Å². The van der Waals surface area contributed by atoms with Crippen LogP contribution in [0.2, 0.25) is 0 Å². The fraction of sp³-hybridized carbons (Fsp3) is 0.333. The minimum absolute atomic E-state index is 0.0866. The molecule has 3 heteroatoms. The highest BCUT2D eigenvalue weighted by Gasteiger charge is 2.22. The molecule has 12 heavy (non-hydrogen) atoms. The minimum atomic E-state index is 0.0866. The van der Waals surface area contributed by atoms with Gasteiger partial charge in [-0.3, -0.25) is 0 Å². The van der Waals surface area contributed by atoms with E-state index in [-0.39, 0.29) is 6.04 Å². The molecule has 1 aromatic rings. The average molecular weight is 163 g/mol. The molecule has 1 aromatic carbocycles. The Morgan fingerprint density at radius 1 is 1.17 bits per heavy atom. The van der Waals surface area contributed by atoms with Gasteiger partial charge in [0.25, 0.3) is 0 Å². The van der Waals surface area contributed by atoms with E-state index in [1.54, 1.807) is 0 Å². The van der Waals surface area contributed by atoms with Crippen LogP contribution in [0.15, 0.2) is 12.1 Å². The lowest BCUT2D eigenvalue weighted by molar-refractivity contribution is 0.715. The Morgan fingerprint density at radius 2 is 1.83 bits per heavy atom. The fourth-order valence-electron chi connectivity index (χ4n) is 1.86. The van der Waals surface area contributed by atoms with Crippen LogP contribution >= 0.6 is 0 Å². The first-order chi connectivity index (χ1) is 5.70. The Labute approximate surface area is 71.5 Å². The van der Waals surface area contributed by atoms with Gasteiger partial charge in [-0.1, -0.05) is 0 Å². The van der Waals surface area contributed by atoms with Gasteiger partial charge in [0, 0.05) is 17.4 Å². The Hall–Kier alpha value is -1.22. The molecule has 1 unspecified atom stereocenters. The monoisotopic (exact) mass is 163 g/mol. The zero-order valence-corrected chi connectivity index (χ0v) is 6.88. The third-order valence-electron chi connectivity index (χ3n) is 2.50. The van der Waals surface area contributed by atoms with E-state index in [9.17, 15) is 0 Å². The molecule has 0 heterocycles. The SMILES string of the molecule is Nc1ccc(N)c2c1CCC2N. The van der Waals surface area contributed by atoms with Gasteiger partial charge in [-0.25, -0.2) is 0 Å². The van der Waals surface area contributed by atoms with Crippen LogP contribution in [-0.2, 0) is 6.42 Å². The second-order valence-electron chi connectivity index (χ2n) is 3.28. The summed E-state index contributed by atoms with van der Waals surface area (Å²) in [6.45, 7) is 0. The van der Waals surface area contributed by atoms with Crippen LogP contribution < -0.4 is 17.2 Å². The molecule has 3 nitrogen and oxygen atoms in total. The molecule has 1 aliphatic rings. The molecule has 0 amide bonds. The van der Waals surface area contributed by atoms with E-state index in [2.05, 4.69) is 0 Å². The quantitative estimate of drug-likeness (QED) is 0.495. The first-order valence-electron chi connectivity index (χ1n) is 4.12. The fourth-order valence-corrected chi connectivity index (χ4v) is 1.86. The van der Waals surface area contributed by atoms with E-state index in [1.807, 2.05) is 12.1 Å². The maximum absolute atomic E-state index is 5.88. The Bertz CT molecular complexity index is 320. The molecular weight excluding hydrogens is 150 g/mol. The molecule has 0 aromatic heterocycles. The first-order valence-corrected chi connectivity index (χ1v) is 4.12. The molecule has 0 saturated carbocycles. The molecule has 6 N–H and O–H groups in total. The largest absolute Gasteiger partial charge is 0.398 e. The molecule has 0 bridgehead atoms. The summed E-state index contributed by atoms with van der Waals surface area (Å²) in [6.07, 6.45) is 1.93. The number of hydrogen-bond donors (Lipinski definition) is 3. The highest BCUT2D eigenvalue weighted by atomic mass is 14.7. The molecule has 64 valence electrons. The zero-order valence-electron chi connectivity index (χ0n) is 6.88. The van der Waals surface area contributed by atoms with Crippen LogP contribution in [0.1, 0.15) is 23.6 Å². The average Bonchev–Trinajstić information content (AvgIpc) is 2.42. The lowest BCUT2D eigenvalue weighted by atomic mass is 10.0. The highest BCUT2D eigenvalue weighted by Crippen LogP contribution is 2.36. The van der Waals surface area contributed by atoms with Gasteiger partial charge in [-0.2, -0.15) is 0 Å². The molecule has 0 aliphatic heterocycles. The predicted octanol–water partition coefficient (Wildman–Crippen LogP) is 0.797. The second kappa shape index (κ2) is 2.38. The maximum atomic E-state index is 5.88. The molecule has 0 spiro atoms. The van der Waals surface area contributed by atoms with Crippen LogP contribution in [0.5, 0.6) is 0 Å². The number of nitrogens with two attached hydrogens (primary N) is 3. The van der Waals surface area contributed by atoms with Gasteiger partial charge in [-0.15, -0.1) is 0 Å². The third kappa shape index (κ3) is 0.865. The first kappa shape index (κ1) is 7.43. The Balaban J connectivity index is 2.64. The van der Waals surface area contributed by atoms with Crippen molar-refractivity contribution < 1.29 is 0 Å². The van der Waals surface area contributed by atoms with Gasteiger partial charge in [0.2, 0.25) is 0 Å². The summed E-state index contributed by atoms with van der Waals surface area (Å²) in [5.41, 5.74) is 21.3. The Morgan fingerprint density at radius 3 is 2.50 bits per heavy atom. The van der Waals surface area contributed by atoms with Crippen LogP contribution in [0.3, 0.4) is 0 Å². The van der Waals surface area contributed by atoms with Crippen LogP contribution in [-0.4, -0.2) is 0 Å². The van der Waals surface area contributed by atoms with Crippen LogP contribution in [0, 0.1) is 0 Å². The number of nitrogen functional groups attached to an aromatic ring is 2. The van der Waals surface area contributed by atoms with Crippen molar-refractivity contribution >= 4 is 11.4 Å². The third-order valence-corrected chi connectivity index (χ3v) is 2.50. The van der Waals surface area contributed by atoms with E-state index in [0.717, 1.165) is 35.3 Å². The summed E-state index contributed by atoms with van der Waals surface area (Å²) < 4.78 is 0. The number of benzene rings is 1. The van der Waals surface area contributed by atoms with E-state index in [1.165, 1.54) is 0 Å². The molecule has 2 rings (SSSR count). The highest BCUT2D eigenvalue weighted by molar-refractivity contribution is 5.64. The Kier molecular flexibility index (Phi) is 1.48. The predicted molar refractivity (Wildman–Crippen MR) is 50.5 cm³/mol. The van der Waals surface area contributed by atoms with E-state index in [4.69, 9.17) is 17.2 Å². The van der Waals surface area contributed by atoms with Crippen molar-refractivity contribution in [2.45, 2.75) is 18.9 Å². The lowest BCUT2D eigenvalue weighted by Crippen LogP contribution is -2.08. The summed E-state index contributed by atoms with van der Waals surface area (Å²) in [5, 5.41) is 0. The van der Waals surface area contributed by atoms with Gasteiger partial charge >= 0.3 is 0 Å². The van der Waals surface area contributed by atoms with Crippen molar-refractivity contribution in [2.24, 2.45) is 5.73 Å². The topological polar surface area (TPSA) is 78.1 Å². The summed E-state index contributed by atoms with van der Waals surface area (Å²) in [7, 11) is 0.